The summed E-state index contributed by atoms with van der Waals surface area (Å²) >= 11 is 0. The Balaban J connectivity index is 1.55. The van der Waals surface area contributed by atoms with Crippen molar-refractivity contribution >= 4 is 17.5 Å². The largest absolute Gasteiger partial charge is 0.362 e. The highest BCUT2D eigenvalue weighted by molar-refractivity contribution is 5.83. The quantitative estimate of drug-likeness (QED) is 0.810. The minimum Gasteiger partial charge on any atom is -0.362 e. The van der Waals surface area contributed by atoms with E-state index in [1.54, 1.807) is 18.5 Å². The van der Waals surface area contributed by atoms with Gasteiger partial charge in [0.2, 0.25) is 5.95 Å². The van der Waals surface area contributed by atoms with Crippen molar-refractivity contribution in [3.8, 4) is 0 Å². The van der Waals surface area contributed by atoms with E-state index in [1.165, 1.54) is 5.56 Å². The third kappa shape index (κ3) is 2.69. The number of rotatable bonds is 4. The van der Waals surface area contributed by atoms with Crippen molar-refractivity contribution < 1.29 is 4.79 Å². The molecule has 20 heavy (non-hydrogen) atoms. The third-order valence-corrected chi connectivity index (χ3v) is 3.20. The van der Waals surface area contributed by atoms with E-state index in [9.17, 15) is 4.79 Å². The van der Waals surface area contributed by atoms with Crippen molar-refractivity contribution in [3.63, 3.8) is 0 Å². The van der Waals surface area contributed by atoms with Gasteiger partial charge in [-0.2, -0.15) is 0 Å². The van der Waals surface area contributed by atoms with E-state index >= 15 is 0 Å². The molecule has 3 rings (SSSR count). The first kappa shape index (κ1) is 12.4. The van der Waals surface area contributed by atoms with E-state index in [2.05, 4.69) is 31.8 Å². The number of aromatic nitrogens is 2. The summed E-state index contributed by atoms with van der Waals surface area (Å²) in [5.41, 5.74) is 7.72. The molecule has 1 aromatic carbocycles. The van der Waals surface area contributed by atoms with Gasteiger partial charge in [-0.3, -0.25) is 15.6 Å². The van der Waals surface area contributed by atoms with Crippen molar-refractivity contribution in [2.75, 3.05) is 23.4 Å². The molecule has 2 N–H and O–H groups in total. The molecule has 0 bridgehead atoms. The monoisotopic (exact) mass is 269 g/mol. The molecule has 6 heteroatoms. The van der Waals surface area contributed by atoms with Crippen molar-refractivity contribution in [1.82, 2.24) is 15.4 Å². The average Bonchev–Trinajstić information content (AvgIpc) is 2.90. The maximum atomic E-state index is 11.9. The molecule has 1 aliphatic heterocycles. The van der Waals surface area contributed by atoms with Crippen LogP contribution in [0.3, 0.4) is 0 Å². The van der Waals surface area contributed by atoms with Crippen LogP contribution in [0.4, 0.5) is 11.6 Å². The van der Waals surface area contributed by atoms with Crippen LogP contribution in [0.5, 0.6) is 0 Å². The van der Waals surface area contributed by atoms with Crippen molar-refractivity contribution in [1.29, 1.82) is 0 Å². The molecule has 0 radical (unpaired) electrons. The summed E-state index contributed by atoms with van der Waals surface area (Å²) in [6.07, 6.45) is 4.20. The summed E-state index contributed by atoms with van der Waals surface area (Å²) in [6, 6.07) is 9.88. The van der Waals surface area contributed by atoms with Gasteiger partial charge in [-0.05, 0) is 24.1 Å². The Kier molecular flexibility index (Phi) is 3.45. The van der Waals surface area contributed by atoms with Gasteiger partial charge in [0.25, 0.3) is 5.91 Å². The number of para-hydroxylation sites is 1. The molecule has 0 saturated carbocycles. The van der Waals surface area contributed by atoms with Crippen molar-refractivity contribution in [2.45, 2.75) is 6.42 Å². The van der Waals surface area contributed by atoms with E-state index in [-0.39, 0.29) is 5.91 Å². The summed E-state index contributed by atoms with van der Waals surface area (Å²) in [4.78, 5) is 21.9. The van der Waals surface area contributed by atoms with Crippen LogP contribution in [0.25, 0.3) is 0 Å². The Labute approximate surface area is 116 Å². The highest BCUT2D eigenvalue weighted by Crippen LogP contribution is 2.26. The van der Waals surface area contributed by atoms with Crippen molar-refractivity contribution in [3.05, 3.63) is 48.3 Å². The number of nitrogens with one attached hydrogen (secondary N) is 2. The SMILES string of the molecule is O=C(CN1CCc2ccccc21)NNc1ncccn1. The molecular formula is C14H15N5O. The maximum Gasteiger partial charge on any atom is 0.257 e. The van der Waals surface area contributed by atoms with Crippen LogP contribution in [0.15, 0.2) is 42.7 Å². The first-order chi connectivity index (χ1) is 9.83. The van der Waals surface area contributed by atoms with Gasteiger partial charge in [-0.25, -0.2) is 9.97 Å². The molecule has 0 saturated heterocycles. The normalized spacial score (nSPS) is 12.9. The van der Waals surface area contributed by atoms with Crippen LogP contribution in [-0.4, -0.2) is 29.0 Å². The van der Waals surface area contributed by atoms with Crippen LogP contribution in [0, 0.1) is 0 Å². The predicted molar refractivity (Wildman–Crippen MR) is 76.2 cm³/mol. The number of benzene rings is 1. The lowest BCUT2D eigenvalue weighted by molar-refractivity contribution is -0.119. The molecule has 1 amide bonds. The second-order valence-corrected chi connectivity index (χ2v) is 4.55. The molecule has 1 aromatic heterocycles. The molecule has 1 aliphatic rings. The van der Waals surface area contributed by atoms with E-state index < -0.39 is 0 Å². The summed E-state index contributed by atoms with van der Waals surface area (Å²) < 4.78 is 0. The fourth-order valence-corrected chi connectivity index (χ4v) is 2.27. The third-order valence-electron chi connectivity index (χ3n) is 3.20. The molecule has 0 spiro atoms. The lowest BCUT2D eigenvalue weighted by atomic mass is 10.2. The van der Waals surface area contributed by atoms with Gasteiger partial charge in [0.15, 0.2) is 0 Å². The summed E-state index contributed by atoms with van der Waals surface area (Å²) in [5.74, 6) is 0.261. The Morgan fingerprint density at radius 3 is 2.85 bits per heavy atom. The first-order valence-corrected chi connectivity index (χ1v) is 6.47. The lowest BCUT2D eigenvalue weighted by Gasteiger charge is -2.18. The fourth-order valence-electron chi connectivity index (χ4n) is 2.27. The number of hydrogen-bond acceptors (Lipinski definition) is 5. The molecule has 0 fully saturated rings. The van der Waals surface area contributed by atoms with Gasteiger partial charge < -0.3 is 4.90 Å². The van der Waals surface area contributed by atoms with E-state index in [1.807, 2.05) is 18.2 Å². The Morgan fingerprint density at radius 2 is 2.00 bits per heavy atom. The molecule has 102 valence electrons. The molecule has 0 atom stereocenters. The Bertz CT molecular complexity index is 602. The standard InChI is InChI=1S/C14H15N5O/c20-13(17-18-14-15-7-3-8-16-14)10-19-9-6-11-4-1-2-5-12(11)19/h1-5,7-8H,6,9-10H2,(H,17,20)(H,15,16,18). The minimum atomic E-state index is -0.117. The summed E-state index contributed by atoms with van der Waals surface area (Å²) in [7, 11) is 0. The van der Waals surface area contributed by atoms with Gasteiger partial charge in [0.05, 0.1) is 6.54 Å². The molecule has 2 heterocycles. The van der Waals surface area contributed by atoms with Gasteiger partial charge in [0.1, 0.15) is 0 Å². The number of amides is 1. The first-order valence-electron chi connectivity index (χ1n) is 6.47. The zero-order valence-electron chi connectivity index (χ0n) is 10.9. The second kappa shape index (κ2) is 5.56. The zero-order chi connectivity index (χ0) is 13.8. The maximum absolute atomic E-state index is 11.9. The van der Waals surface area contributed by atoms with Crippen LogP contribution in [0.1, 0.15) is 5.56 Å². The predicted octanol–water partition coefficient (Wildman–Crippen LogP) is 0.982. The highest BCUT2D eigenvalue weighted by Gasteiger charge is 2.20. The smallest absolute Gasteiger partial charge is 0.257 e. The molecule has 0 unspecified atom stereocenters. The topological polar surface area (TPSA) is 70.2 Å². The minimum absolute atomic E-state index is 0.117. The number of anilines is 2. The van der Waals surface area contributed by atoms with Crippen LogP contribution in [0.2, 0.25) is 0 Å². The molecule has 6 nitrogen and oxygen atoms in total. The van der Waals surface area contributed by atoms with Gasteiger partial charge >= 0.3 is 0 Å². The number of carbonyl (C=O) groups is 1. The lowest BCUT2D eigenvalue weighted by Crippen LogP contribution is -2.39. The van der Waals surface area contributed by atoms with Crippen LogP contribution in [-0.2, 0) is 11.2 Å². The number of hydrogen-bond donors (Lipinski definition) is 2. The second-order valence-electron chi connectivity index (χ2n) is 4.55. The van der Waals surface area contributed by atoms with E-state index in [4.69, 9.17) is 0 Å². The molecule has 2 aromatic rings. The number of nitrogens with zero attached hydrogens (tertiary/aromatic N) is 3. The number of hydrazine groups is 1. The number of carbonyl (C=O) groups excluding carboxylic acids is 1. The number of fused-ring (bicyclic) bond motifs is 1. The zero-order valence-corrected chi connectivity index (χ0v) is 10.9. The van der Waals surface area contributed by atoms with Crippen LogP contribution >= 0.6 is 0 Å². The summed E-state index contributed by atoms with van der Waals surface area (Å²) in [5, 5.41) is 0. The Hall–Kier alpha value is -2.63. The Morgan fingerprint density at radius 1 is 1.20 bits per heavy atom. The van der Waals surface area contributed by atoms with Gasteiger partial charge in [0, 0.05) is 24.6 Å². The fraction of sp³-hybridized carbons (Fsp3) is 0.214. The van der Waals surface area contributed by atoms with Crippen molar-refractivity contribution in [2.24, 2.45) is 0 Å². The van der Waals surface area contributed by atoms with Gasteiger partial charge in [-0.15, -0.1) is 0 Å². The van der Waals surface area contributed by atoms with Crippen LogP contribution < -0.4 is 15.8 Å². The van der Waals surface area contributed by atoms with E-state index in [0.717, 1.165) is 18.7 Å². The molecule has 0 aliphatic carbocycles. The van der Waals surface area contributed by atoms with Gasteiger partial charge in [-0.1, -0.05) is 18.2 Å². The summed E-state index contributed by atoms with van der Waals surface area (Å²) in [6.45, 7) is 1.19. The van der Waals surface area contributed by atoms with E-state index in [0.29, 0.717) is 12.5 Å². The highest BCUT2D eigenvalue weighted by atomic mass is 16.2. The molecular weight excluding hydrogens is 254 g/mol. The average molecular weight is 269 g/mol.